The number of nitrogens with zero attached hydrogens (tertiary/aromatic N) is 3. The molecule has 0 radical (unpaired) electrons. The van der Waals surface area contributed by atoms with Crippen LogP contribution in [0.5, 0.6) is 0 Å². The van der Waals surface area contributed by atoms with Crippen molar-refractivity contribution >= 4 is 10.0 Å². The number of hydrogen-bond donors (Lipinski definition) is 1. The van der Waals surface area contributed by atoms with Gasteiger partial charge < -0.3 is 5.11 Å². The van der Waals surface area contributed by atoms with Gasteiger partial charge in [-0.1, -0.05) is 20.3 Å². The third-order valence-electron chi connectivity index (χ3n) is 4.38. The molecule has 1 saturated heterocycles. The van der Waals surface area contributed by atoms with E-state index in [9.17, 15) is 13.5 Å². The Bertz CT molecular complexity index is 570. The minimum atomic E-state index is -3.25. The van der Waals surface area contributed by atoms with Gasteiger partial charge >= 0.3 is 0 Å². The standard InChI is InChI=1S/C14H25N3O3S/c1-4-11(2)10-21(19,20)17-7-13(9-18)14(8-17)12-5-15-16(3)6-12/h5-6,11,13-14,18H,4,7-10H2,1-3H3/t11-,13+,14+/m1/s1. The first-order valence-corrected chi connectivity index (χ1v) is 9.05. The maximum absolute atomic E-state index is 12.5. The molecule has 1 aromatic heterocycles. The Labute approximate surface area is 126 Å². The van der Waals surface area contributed by atoms with Crippen LogP contribution in [0.25, 0.3) is 0 Å². The molecule has 0 aromatic carbocycles. The third-order valence-corrected chi connectivity index (χ3v) is 6.46. The van der Waals surface area contributed by atoms with Crippen LogP contribution in [0.4, 0.5) is 0 Å². The first kappa shape index (κ1) is 16.5. The van der Waals surface area contributed by atoms with Crippen molar-refractivity contribution in [1.29, 1.82) is 0 Å². The van der Waals surface area contributed by atoms with Crippen molar-refractivity contribution in [3.05, 3.63) is 18.0 Å². The SMILES string of the molecule is CC[C@@H](C)CS(=O)(=O)N1C[C@@H](CO)[C@H](c2cnn(C)c2)C1. The Kier molecular flexibility index (Phi) is 5.06. The summed E-state index contributed by atoms with van der Waals surface area (Å²) in [5, 5.41) is 13.7. The Morgan fingerprint density at radius 3 is 2.71 bits per heavy atom. The van der Waals surface area contributed by atoms with Crippen molar-refractivity contribution in [2.24, 2.45) is 18.9 Å². The van der Waals surface area contributed by atoms with Crippen LogP contribution in [0, 0.1) is 11.8 Å². The van der Waals surface area contributed by atoms with Crippen LogP contribution < -0.4 is 0 Å². The summed E-state index contributed by atoms with van der Waals surface area (Å²) < 4.78 is 28.2. The fourth-order valence-electron chi connectivity index (χ4n) is 2.84. The van der Waals surface area contributed by atoms with Crippen molar-refractivity contribution in [2.45, 2.75) is 26.2 Å². The average molecular weight is 315 g/mol. The predicted octanol–water partition coefficient (Wildman–Crippen LogP) is 0.804. The summed E-state index contributed by atoms with van der Waals surface area (Å²) in [6.07, 6.45) is 4.51. The first-order valence-electron chi connectivity index (χ1n) is 7.44. The smallest absolute Gasteiger partial charge is 0.214 e. The molecule has 0 unspecified atom stereocenters. The summed E-state index contributed by atoms with van der Waals surface area (Å²) >= 11 is 0. The van der Waals surface area contributed by atoms with Gasteiger partial charge in [0.2, 0.25) is 10.0 Å². The van der Waals surface area contributed by atoms with E-state index in [-0.39, 0.29) is 30.1 Å². The van der Waals surface area contributed by atoms with Crippen LogP contribution >= 0.6 is 0 Å². The number of aliphatic hydroxyl groups is 1. The molecule has 0 spiro atoms. The topological polar surface area (TPSA) is 75.4 Å². The molecule has 3 atom stereocenters. The van der Waals surface area contributed by atoms with Gasteiger partial charge in [0.1, 0.15) is 0 Å². The highest BCUT2D eigenvalue weighted by Gasteiger charge is 2.39. The minimum Gasteiger partial charge on any atom is -0.396 e. The molecule has 2 heterocycles. The predicted molar refractivity (Wildman–Crippen MR) is 81.3 cm³/mol. The molecule has 1 N–H and O–H groups in total. The fraction of sp³-hybridized carbons (Fsp3) is 0.786. The molecule has 6 nitrogen and oxygen atoms in total. The Morgan fingerprint density at radius 1 is 1.48 bits per heavy atom. The number of sulfonamides is 1. The van der Waals surface area contributed by atoms with E-state index in [2.05, 4.69) is 5.10 Å². The second kappa shape index (κ2) is 6.46. The summed E-state index contributed by atoms with van der Waals surface area (Å²) in [7, 11) is -1.42. The lowest BCUT2D eigenvalue weighted by atomic mass is 9.92. The first-order chi connectivity index (χ1) is 9.87. The number of aliphatic hydroxyl groups excluding tert-OH is 1. The van der Waals surface area contributed by atoms with Gasteiger partial charge in [-0.05, 0) is 11.5 Å². The van der Waals surface area contributed by atoms with Gasteiger partial charge in [0.25, 0.3) is 0 Å². The van der Waals surface area contributed by atoms with Gasteiger partial charge in [0, 0.05) is 44.8 Å². The van der Waals surface area contributed by atoms with Crippen molar-refractivity contribution in [3.63, 3.8) is 0 Å². The molecule has 0 amide bonds. The van der Waals surface area contributed by atoms with E-state index in [0.29, 0.717) is 13.1 Å². The Balaban J connectivity index is 2.15. The number of rotatable bonds is 6. The molecular formula is C14H25N3O3S. The van der Waals surface area contributed by atoms with E-state index >= 15 is 0 Å². The Hall–Kier alpha value is -0.920. The van der Waals surface area contributed by atoms with Gasteiger partial charge in [-0.25, -0.2) is 12.7 Å². The van der Waals surface area contributed by atoms with E-state index < -0.39 is 10.0 Å². The van der Waals surface area contributed by atoms with Gasteiger partial charge in [0.05, 0.1) is 11.9 Å². The minimum absolute atomic E-state index is 0.00505. The quantitative estimate of drug-likeness (QED) is 0.843. The van der Waals surface area contributed by atoms with Crippen molar-refractivity contribution < 1.29 is 13.5 Å². The maximum atomic E-state index is 12.5. The molecule has 0 bridgehead atoms. The highest BCUT2D eigenvalue weighted by atomic mass is 32.2. The second-order valence-corrected chi connectivity index (χ2v) is 8.12. The van der Waals surface area contributed by atoms with E-state index in [1.807, 2.05) is 27.1 Å². The van der Waals surface area contributed by atoms with Crippen molar-refractivity contribution in [1.82, 2.24) is 14.1 Å². The van der Waals surface area contributed by atoms with Crippen LogP contribution in [-0.2, 0) is 17.1 Å². The second-order valence-electron chi connectivity index (χ2n) is 6.11. The van der Waals surface area contributed by atoms with Gasteiger partial charge in [0.15, 0.2) is 0 Å². The van der Waals surface area contributed by atoms with Crippen LogP contribution in [0.2, 0.25) is 0 Å². The average Bonchev–Trinajstić information content (AvgIpc) is 3.03. The molecule has 2 rings (SSSR count). The highest BCUT2D eigenvalue weighted by Crippen LogP contribution is 2.34. The van der Waals surface area contributed by atoms with E-state index in [0.717, 1.165) is 12.0 Å². The number of hydrogen-bond acceptors (Lipinski definition) is 4. The highest BCUT2D eigenvalue weighted by molar-refractivity contribution is 7.89. The summed E-state index contributed by atoms with van der Waals surface area (Å²) in [5.41, 5.74) is 0.998. The Morgan fingerprint density at radius 2 is 2.19 bits per heavy atom. The van der Waals surface area contributed by atoms with E-state index in [1.165, 1.54) is 4.31 Å². The van der Waals surface area contributed by atoms with Crippen LogP contribution in [0.3, 0.4) is 0 Å². The van der Waals surface area contributed by atoms with Gasteiger partial charge in [-0.3, -0.25) is 4.68 Å². The van der Waals surface area contributed by atoms with Crippen LogP contribution in [0.15, 0.2) is 12.4 Å². The molecule has 0 saturated carbocycles. The molecule has 0 aliphatic carbocycles. The van der Waals surface area contributed by atoms with Crippen LogP contribution in [-0.4, -0.2) is 53.1 Å². The zero-order valence-corrected chi connectivity index (χ0v) is 13.8. The number of aryl methyl sites for hydroxylation is 1. The van der Waals surface area contributed by atoms with E-state index in [1.54, 1.807) is 10.9 Å². The zero-order chi connectivity index (χ0) is 15.6. The van der Waals surface area contributed by atoms with Crippen molar-refractivity contribution in [3.8, 4) is 0 Å². The lowest BCUT2D eigenvalue weighted by molar-refractivity contribution is 0.223. The summed E-state index contributed by atoms with van der Waals surface area (Å²) in [6, 6.07) is 0. The van der Waals surface area contributed by atoms with Gasteiger partial charge in [-0.15, -0.1) is 0 Å². The molecule has 21 heavy (non-hydrogen) atoms. The van der Waals surface area contributed by atoms with E-state index in [4.69, 9.17) is 0 Å². The summed E-state index contributed by atoms with van der Waals surface area (Å²) in [4.78, 5) is 0. The van der Waals surface area contributed by atoms with Gasteiger partial charge in [-0.2, -0.15) is 5.10 Å². The third kappa shape index (κ3) is 3.64. The molecule has 7 heteroatoms. The van der Waals surface area contributed by atoms with Crippen molar-refractivity contribution in [2.75, 3.05) is 25.4 Å². The molecule has 1 aliphatic heterocycles. The monoisotopic (exact) mass is 315 g/mol. The summed E-state index contributed by atoms with van der Waals surface area (Å²) in [5.74, 6) is 0.304. The lowest BCUT2D eigenvalue weighted by Gasteiger charge is -2.18. The number of aromatic nitrogens is 2. The molecule has 1 aliphatic rings. The molecule has 1 aromatic rings. The maximum Gasteiger partial charge on any atom is 0.214 e. The molecular weight excluding hydrogens is 290 g/mol. The largest absolute Gasteiger partial charge is 0.396 e. The lowest BCUT2D eigenvalue weighted by Crippen LogP contribution is -2.33. The molecule has 1 fully saturated rings. The zero-order valence-electron chi connectivity index (χ0n) is 12.9. The molecule has 120 valence electrons. The summed E-state index contributed by atoms with van der Waals surface area (Å²) in [6.45, 7) is 4.79. The van der Waals surface area contributed by atoms with Crippen LogP contribution in [0.1, 0.15) is 31.7 Å². The fourth-order valence-corrected chi connectivity index (χ4v) is 4.81. The normalized spacial score (nSPS) is 25.3.